The van der Waals surface area contributed by atoms with Gasteiger partial charge in [0.1, 0.15) is 6.61 Å². The Morgan fingerprint density at radius 2 is 1.86 bits per heavy atom. The molecule has 0 unspecified atom stereocenters. The Bertz CT molecular complexity index is 924. The first-order valence-corrected chi connectivity index (χ1v) is 10.2. The highest BCUT2D eigenvalue weighted by molar-refractivity contribution is 7.92. The molecule has 2 amide bonds. The third-order valence-corrected chi connectivity index (χ3v) is 4.25. The molecule has 11 heteroatoms. The van der Waals surface area contributed by atoms with Gasteiger partial charge >= 0.3 is 18.0 Å². The van der Waals surface area contributed by atoms with Crippen LogP contribution in [0.25, 0.3) is 0 Å². The van der Waals surface area contributed by atoms with Crippen molar-refractivity contribution < 1.29 is 32.3 Å². The van der Waals surface area contributed by atoms with Gasteiger partial charge in [0.25, 0.3) is 0 Å². The summed E-state index contributed by atoms with van der Waals surface area (Å²) in [6, 6.07) is 4.71. The number of hydrogen-bond acceptors (Lipinski definition) is 7. The van der Waals surface area contributed by atoms with Crippen molar-refractivity contribution in [3.05, 3.63) is 41.1 Å². The minimum Gasteiger partial charge on any atom is -0.463 e. The van der Waals surface area contributed by atoms with Crippen LogP contribution in [0.2, 0.25) is 0 Å². The molecule has 0 bridgehead atoms. The van der Waals surface area contributed by atoms with Gasteiger partial charge in [-0.25, -0.2) is 22.8 Å². The monoisotopic (exact) mass is 411 g/mol. The Balaban J connectivity index is 2.24. The SMILES string of the molecule is CCOC(=O)C1=C(COC(=O)c2ccccc2NS(C)(=O)=O)NC(=O)N[C@H]1C. The topological polar surface area (TPSA) is 140 Å². The number of hydrogen-bond donors (Lipinski definition) is 3. The van der Waals surface area contributed by atoms with E-state index >= 15 is 0 Å². The second kappa shape index (κ2) is 8.74. The Morgan fingerprint density at radius 3 is 2.50 bits per heavy atom. The first-order chi connectivity index (χ1) is 13.1. The van der Waals surface area contributed by atoms with E-state index in [1.807, 2.05) is 0 Å². The van der Waals surface area contributed by atoms with E-state index in [1.165, 1.54) is 12.1 Å². The molecule has 0 aromatic heterocycles. The van der Waals surface area contributed by atoms with Gasteiger partial charge in [0.15, 0.2) is 0 Å². The number of ether oxygens (including phenoxy) is 2. The molecule has 10 nitrogen and oxygen atoms in total. The zero-order chi connectivity index (χ0) is 20.9. The maximum Gasteiger partial charge on any atom is 0.340 e. The second-order valence-electron chi connectivity index (χ2n) is 5.93. The van der Waals surface area contributed by atoms with E-state index in [0.717, 1.165) is 6.26 Å². The number of nitrogens with one attached hydrogen (secondary N) is 3. The van der Waals surface area contributed by atoms with Crippen LogP contribution in [0.15, 0.2) is 35.5 Å². The molecule has 0 fully saturated rings. The van der Waals surface area contributed by atoms with E-state index in [4.69, 9.17) is 9.47 Å². The number of carbonyl (C=O) groups is 3. The maximum absolute atomic E-state index is 12.4. The molecule has 0 saturated heterocycles. The molecule has 1 aliphatic rings. The predicted octanol–water partition coefficient (Wildman–Crippen LogP) is 0.733. The van der Waals surface area contributed by atoms with Gasteiger partial charge in [0.2, 0.25) is 10.0 Å². The normalized spacial score (nSPS) is 16.7. The molecule has 28 heavy (non-hydrogen) atoms. The number of amides is 2. The largest absolute Gasteiger partial charge is 0.463 e. The van der Waals surface area contributed by atoms with Gasteiger partial charge in [-0.3, -0.25) is 4.72 Å². The van der Waals surface area contributed by atoms with Crippen molar-refractivity contribution in [2.45, 2.75) is 19.9 Å². The van der Waals surface area contributed by atoms with Crippen LogP contribution in [0, 0.1) is 0 Å². The molecule has 152 valence electrons. The van der Waals surface area contributed by atoms with Crippen molar-refractivity contribution in [2.24, 2.45) is 0 Å². The summed E-state index contributed by atoms with van der Waals surface area (Å²) < 4.78 is 35.3. The van der Waals surface area contributed by atoms with E-state index in [9.17, 15) is 22.8 Å². The molecule has 2 rings (SSSR count). The molecule has 3 N–H and O–H groups in total. The van der Waals surface area contributed by atoms with E-state index in [-0.39, 0.29) is 29.1 Å². The summed E-state index contributed by atoms with van der Waals surface area (Å²) in [7, 11) is -3.60. The molecule has 0 aliphatic carbocycles. The number of rotatable bonds is 7. The van der Waals surface area contributed by atoms with Crippen LogP contribution in [0.1, 0.15) is 24.2 Å². The van der Waals surface area contributed by atoms with Crippen molar-refractivity contribution in [2.75, 3.05) is 24.2 Å². The maximum atomic E-state index is 12.4. The summed E-state index contributed by atoms with van der Waals surface area (Å²) in [5.41, 5.74) is 0.269. The lowest BCUT2D eigenvalue weighted by atomic mass is 10.0. The van der Waals surface area contributed by atoms with Crippen molar-refractivity contribution >= 4 is 33.7 Å². The number of anilines is 1. The summed E-state index contributed by atoms with van der Waals surface area (Å²) in [5.74, 6) is -1.48. The van der Waals surface area contributed by atoms with Crippen LogP contribution < -0.4 is 15.4 Å². The minimum absolute atomic E-state index is 0.0143. The van der Waals surface area contributed by atoms with E-state index < -0.39 is 40.6 Å². The average Bonchev–Trinajstić information content (AvgIpc) is 2.58. The van der Waals surface area contributed by atoms with Crippen molar-refractivity contribution in [3.63, 3.8) is 0 Å². The first-order valence-electron chi connectivity index (χ1n) is 8.34. The van der Waals surface area contributed by atoms with Crippen LogP contribution in [-0.2, 0) is 24.3 Å². The lowest BCUT2D eigenvalue weighted by molar-refractivity contribution is -0.139. The fourth-order valence-electron chi connectivity index (χ4n) is 2.56. The summed E-state index contributed by atoms with van der Waals surface area (Å²) >= 11 is 0. The molecule has 0 spiro atoms. The minimum atomic E-state index is -3.60. The molecular formula is C17H21N3O7S. The number of benzene rings is 1. The highest BCUT2D eigenvalue weighted by Crippen LogP contribution is 2.19. The van der Waals surface area contributed by atoms with E-state index in [2.05, 4.69) is 15.4 Å². The zero-order valence-electron chi connectivity index (χ0n) is 15.6. The standard InChI is InChI=1S/C17H21N3O7S/c1-4-26-16(22)14-10(2)18-17(23)19-13(14)9-27-15(21)11-7-5-6-8-12(11)20-28(3,24)25/h5-8,10,20H,4,9H2,1-3H3,(H2,18,19,23)/t10-/m0/s1. The zero-order valence-corrected chi connectivity index (χ0v) is 16.4. The number of urea groups is 1. The summed E-state index contributed by atoms with van der Waals surface area (Å²) in [6.45, 7) is 2.97. The third kappa shape index (κ3) is 5.46. The third-order valence-electron chi connectivity index (χ3n) is 3.66. The lowest BCUT2D eigenvalue weighted by Crippen LogP contribution is -2.50. The molecule has 0 saturated carbocycles. The molecule has 1 aliphatic heterocycles. The quantitative estimate of drug-likeness (QED) is 0.562. The van der Waals surface area contributed by atoms with Gasteiger partial charge in [-0.1, -0.05) is 12.1 Å². The van der Waals surface area contributed by atoms with Gasteiger partial charge in [0.05, 0.1) is 41.4 Å². The fraction of sp³-hybridized carbons (Fsp3) is 0.353. The van der Waals surface area contributed by atoms with E-state index in [1.54, 1.807) is 26.0 Å². The first kappa shape index (κ1) is 21.2. The molecular weight excluding hydrogens is 390 g/mol. The lowest BCUT2D eigenvalue weighted by Gasteiger charge is -2.26. The van der Waals surface area contributed by atoms with Gasteiger partial charge in [-0.2, -0.15) is 0 Å². The Labute approximate surface area is 162 Å². The van der Waals surface area contributed by atoms with Gasteiger partial charge < -0.3 is 20.1 Å². The summed E-state index contributed by atoms with van der Waals surface area (Å²) in [6.07, 6.45) is 0.956. The second-order valence-corrected chi connectivity index (χ2v) is 7.68. The Kier molecular flexibility index (Phi) is 6.62. The van der Waals surface area contributed by atoms with Gasteiger partial charge in [0, 0.05) is 0 Å². The van der Waals surface area contributed by atoms with Crippen molar-refractivity contribution in [1.29, 1.82) is 0 Å². The number of sulfonamides is 1. The van der Waals surface area contributed by atoms with E-state index in [0.29, 0.717) is 0 Å². The van der Waals surface area contributed by atoms with Crippen LogP contribution in [-0.4, -0.2) is 51.9 Å². The molecule has 1 aromatic carbocycles. The van der Waals surface area contributed by atoms with Crippen LogP contribution >= 0.6 is 0 Å². The Morgan fingerprint density at radius 1 is 1.18 bits per heavy atom. The predicted molar refractivity (Wildman–Crippen MR) is 100.0 cm³/mol. The highest BCUT2D eigenvalue weighted by atomic mass is 32.2. The smallest absolute Gasteiger partial charge is 0.340 e. The van der Waals surface area contributed by atoms with Crippen molar-refractivity contribution in [3.8, 4) is 0 Å². The average molecular weight is 411 g/mol. The van der Waals surface area contributed by atoms with Crippen LogP contribution in [0.4, 0.5) is 10.5 Å². The Hall–Kier alpha value is -3.08. The molecule has 1 aromatic rings. The summed E-state index contributed by atoms with van der Waals surface area (Å²) in [4.78, 5) is 36.3. The molecule has 1 atom stereocenters. The number of carbonyl (C=O) groups excluding carboxylic acids is 3. The van der Waals surface area contributed by atoms with Crippen LogP contribution in [0.3, 0.4) is 0 Å². The number of para-hydroxylation sites is 1. The van der Waals surface area contributed by atoms with Gasteiger partial charge in [-0.15, -0.1) is 0 Å². The molecule has 1 heterocycles. The van der Waals surface area contributed by atoms with Crippen LogP contribution in [0.5, 0.6) is 0 Å². The fourth-order valence-corrected chi connectivity index (χ4v) is 3.14. The van der Waals surface area contributed by atoms with Crippen molar-refractivity contribution in [1.82, 2.24) is 10.6 Å². The highest BCUT2D eigenvalue weighted by Gasteiger charge is 2.30. The molecule has 0 radical (unpaired) electrons. The van der Waals surface area contributed by atoms with Gasteiger partial charge in [-0.05, 0) is 26.0 Å². The summed E-state index contributed by atoms with van der Waals surface area (Å²) in [5, 5.41) is 4.96. The number of esters is 2.